The Morgan fingerprint density at radius 2 is 2.05 bits per heavy atom. The molecule has 0 bridgehead atoms. The number of carboxylic acids is 1. The Bertz CT molecular complexity index is 597. The van der Waals surface area contributed by atoms with Crippen LogP contribution in [0.2, 0.25) is 0 Å². The van der Waals surface area contributed by atoms with E-state index in [1.165, 1.54) is 6.26 Å². The number of carboxylic acid groups (broad SMARTS) is 1. The summed E-state index contributed by atoms with van der Waals surface area (Å²) in [5.41, 5.74) is 0. The van der Waals surface area contributed by atoms with Crippen LogP contribution >= 0.6 is 11.8 Å². The number of sulfone groups is 1. The summed E-state index contributed by atoms with van der Waals surface area (Å²) in [6, 6.07) is 0.0342. The Labute approximate surface area is 128 Å². The van der Waals surface area contributed by atoms with Gasteiger partial charge in [0.15, 0.2) is 5.16 Å². The average Bonchev–Trinajstić information content (AvgIpc) is 2.76. The maximum absolute atomic E-state index is 11.2. The standard InChI is InChI=1S/C11H20N4O4S2/c1-8(2)15-10(14(3)5-6-21(4,18)19)12-13-11(15)20-7-9(16)17/h8H,5-7H2,1-4H3,(H,16,17). The second-order valence-electron chi connectivity index (χ2n) is 4.98. The maximum Gasteiger partial charge on any atom is 0.313 e. The average molecular weight is 336 g/mol. The monoisotopic (exact) mass is 336 g/mol. The molecule has 0 radical (unpaired) electrons. The highest BCUT2D eigenvalue weighted by Crippen LogP contribution is 2.25. The van der Waals surface area contributed by atoms with Crippen molar-refractivity contribution >= 4 is 33.5 Å². The van der Waals surface area contributed by atoms with Gasteiger partial charge < -0.3 is 10.0 Å². The Morgan fingerprint density at radius 1 is 1.43 bits per heavy atom. The van der Waals surface area contributed by atoms with Gasteiger partial charge in [-0.3, -0.25) is 9.36 Å². The van der Waals surface area contributed by atoms with Crippen LogP contribution in [0.25, 0.3) is 0 Å². The number of nitrogens with zero attached hydrogens (tertiary/aromatic N) is 4. The molecule has 1 aromatic heterocycles. The number of thioether (sulfide) groups is 1. The lowest BCUT2D eigenvalue weighted by atomic mass is 10.4. The van der Waals surface area contributed by atoms with Crippen molar-refractivity contribution in [3.05, 3.63) is 0 Å². The zero-order valence-corrected chi connectivity index (χ0v) is 14.1. The van der Waals surface area contributed by atoms with Gasteiger partial charge in [-0.1, -0.05) is 11.8 Å². The molecule has 1 heterocycles. The van der Waals surface area contributed by atoms with Crippen molar-refractivity contribution in [3.63, 3.8) is 0 Å². The van der Waals surface area contributed by atoms with Crippen molar-refractivity contribution in [1.82, 2.24) is 14.8 Å². The zero-order valence-electron chi connectivity index (χ0n) is 12.5. The van der Waals surface area contributed by atoms with Crippen molar-refractivity contribution in [3.8, 4) is 0 Å². The summed E-state index contributed by atoms with van der Waals surface area (Å²) >= 11 is 1.09. The lowest BCUT2D eigenvalue weighted by Crippen LogP contribution is -2.28. The van der Waals surface area contributed by atoms with E-state index in [0.29, 0.717) is 17.6 Å². The molecule has 0 unspecified atom stereocenters. The van der Waals surface area contributed by atoms with E-state index in [0.717, 1.165) is 11.8 Å². The lowest BCUT2D eigenvalue weighted by Gasteiger charge is -2.21. The molecule has 21 heavy (non-hydrogen) atoms. The van der Waals surface area contributed by atoms with Crippen molar-refractivity contribution < 1.29 is 18.3 Å². The van der Waals surface area contributed by atoms with Gasteiger partial charge in [-0.25, -0.2) is 8.42 Å². The van der Waals surface area contributed by atoms with Crippen molar-refractivity contribution in [1.29, 1.82) is 0 Å². The molecule has 0 fully saturated rings. The molecule has 0 saturated heterocycles. The van der Waals surface area contributed by atoms with E-state index < -0.39 is 15.8 Å². The van der Waals surface area contributed by atoms with E-state index in [2.05, 4.69) is 10.2 Å². The molecule has 1 aromatic rings. The molecule has 10 heteroatoms. The maximum atomic E-state index is 11.2. The van der Waals surface area contributed by atoms with Crippen LogP contribution in [-0.2, 0) is 14.6 Å². The first-order valence-corrected chi connectivity index (χ1v) is 9.34. The van der Waals surface area contributed by atoms with Gasteiger partial charge in [0.1, 0.15) is 9.84 Å². The molecule has 0 spiro atoms. The molecule has 0 saturated carbocycles. The number of aliphatic carboxylic acids is 1. The Morgan fingerprint density at radius 3 is 2.52 bits per heavy atom. The third-order valence-electron chi connectivity index (χ3n) is 2.63. The fourth-order valence-electron chi connectivity index (χ4n) is 1.61. The first kappa shape index (κ1) is 17.8. The highest BCUT2D eigenvalue weighted by atomic mass is 32.2. The molecule has 120 valence electrons. The number of carbonyl (C=O) groups is 1. The molecule has 8 nitrogen and oxygen atoms in total. The predicted octanol–water partition coefficient (Wildman–Crippen LogP) is 0.516. The van der Waals surface area contributed by atoms with Gasteiger partial charge >= 0.3 is 5.97 Å². The van der Waals surface area contributed by atoms with Crippen molar-refractivity contribution in [2.24, 2.45) is 0 Å². The fourth-order valence-corrected chi connectivity index (χ4v) is 3.00. The SMILES string of the molecule is CC(C)n1c(SCC(=O)O)nnc1N(C)CCS(C)(=O)=O. The second-order valence-corrected chi connectivity index (χ2v) is 8.18. The molecule has 0 aliphatic heterocycles. The number of anilines is 1. The molecule has 0 aliphatic carbocycles. The minimum atomic E-state index is -3.06. The molecule has 1 rings (SSSR count). The normalized spacial score (nSPS) is 11.9. The van der Waals surface area contributed by atoms with E-state index in [-0.39, 0.29) is 17.5 Å². The number of hydrogen-bond donors (Lipinski definition) is 1. The number of aromatic nitrogens is 3. The lowest BCUT2D eigenvalue weighted by molar-refractivity contribution is -0.133. The molecular weight excluding hydrogens is 316 g/mol. The minimum Gasteiger partial charge on any atom is -0.481 e. The molecule has 0 atom stereocenters. The van der Waals surface area contributed by atoms with E-state index in [9.17, 15) is 13.2 Å². The first-order valence-electron chi connectivity index (χ1n) is 6.30. The largest absolute Gasteiger partial charge is 0.481 e. The molecule has 1 N–H and O–H groups in total. The smallest absolute Gasteiger partial charge is 0.313 e. The first-order chi connectivity index (χ1) is 9.61. The summed E-state index contributed by atoms with van der Waals surface area (Å²) in [5, 5.41) is 17.3. The van der Waals surface area contributed by atoms with Crippen LogP contribution in [0.3, 0.4) is 0 Å². The van der Waals surface area contributed by atoms with Gasteiger partial charge in [-0.2, -0.15) is 0 Å². The third-order valence-corrected chi connectivity index (χ3v) is 4.48. The third kappa shape index (κ3) is 5.54. The topological polar surface area (TPSA) is 105 Å². The van der Waals surface area contributed by atoms with Crippen LogP contribution in [0.5, 0.6) is 0 Å². The van der Waals surface area contributed by atoms with Crippen LogP contribution < -0.4 is 4.90 Å². The summed E-state index contributed by atoms with van der Waals surface area (Å²) in [6.45, 7) is 4.16. The quantitative estimate of drug-likeness (QED) is 0.685. The fraction of sp³-hybridized carbons (Fsp3) is 0.727. The summed E-state index contributed by atoms with van der Waals surface area (Å²) in [4.78, 5) is 12.4. The molecule has 0 amide bonds. The van der Waals surface area contributed by atoms with Crippen LogP contribution in [0, 0.1) is 0 Å². The van der Waals surface area contributed by atoms with Crippen molar-refractivity contribution in [2.75, 3.05) is 36.3 Å². The van der Waals surface area contributed by atoms with E-state index in [1.54, 1.807) is 16.5 Å². The van der Waals surface area contributed by atoms with Gasteiger partial charge in [0.2, 0.25) is 5.95 Å². The summed E-state index contributed by atoms with van der Waals surface area (Å²) < 4.78 is 24.3. The summed E-state index contributed by atoms with van der Waals surface area (Å²) in [5.74, 6) is -0.476. The Kier molecular flexibility index (Phi) is 6.02. The number of rotatable bonds is 8. The van der Waals surface area contributed by atoms with Gasteiger partial charge in [-0.15, -0.1) is 10.2 Å². The van der Waals surface area contributed by atoms with Gasteiger partial charge in [-0.05, 0) is 13.8 Å². The van der Waals surface area contributed by atoms with E-state index in [4.69, 9.17) is 5.11 Å². The Hall–Kier alpha value is -1.29. The van der Waals surface area contributed by atoms with Crippen LogP contribution in [0.4, 0.5) is 5.95 Å². The highest BCUT2D eigenvalue weighted by molar-refractivity contribution is 7.99. The van der Waals surface area contributed by atoms with Crippen LogP contribution in [0.1, 0.15) is 19.9 Å². The van der Waals surface area contributed by atoms with Gasteiger partial charge in [0, 0.05) is 25.9 Å². The Balaban J connectivity index is 2.93. The minimum absolute atomic E-state index is 0.0199. The highest BCUT2D eigenvalue weighted by Gasteiger charge is 2.19. The van der Waals surface area contributed by atoms with E-state index >= 15 is 0 Å². The molecule has 0 aromatic carbocycles. The predicted molar refractivity (Wildman–Crippen MR) is 81.7 cm³/mol. The second kappa shape index (κ2) is 7.12. The van der Waals surface area contributed by atoms with Gasteiger partial charge in [0.05, 0.1) is 11.5 Å². The summed E-state index contributed by atoms with van der Waals surface area (Å²) in [7, 11) is -1.32. The van der Waals surface area contributed by atoms with E-state index in [1.807, 2.05) is 13.8 Å². The van der Waals surface area contributed by atoms with Gasteiger partial charge in [0.25, 0.3) is 0 Å². The van der Waals surface area contributed by atoms with Crippen LogP contribution in [-0.4, -0.2) is 65.6 Å². The molecule has 0 aliphatic rings. The zero-order chi connectivity index (χ0) is 16.2. The van der Waals surface area contributed by atoms with Crippen molar-refractivity contribution in [2.45, 2.75) is 25.0 Å². The van der Waals surface area contributed by atoms with Crippen LogP contribution in [0.15, 0.2) is 5.16 Å². The number of hydrogen-bond acceptors (Lipinski definition) is 7. The molecular formula is C11H20N4O4S2. The summed E-state index contributed by atoms with van der Waals surface area (Å²) in [6.07, 6.45) is 1.18.